The van der Waals surface area contributed by atoms with Gasteiger partial charge in [0.1, 0.15) is 10.1 Å². The van der Waals surface area contributed by atoms with Crippen LogP contribution in [0, 0.1) is 0 Å². The highest BCUT2D eigenvalue weighted by Crippen LogP contribution is 1.98. The molecule has 0 radical (unpaired) electrons. The second-order valence-corrected chi connectivity index (χ2v) is 3.72. The van der Waals surface area contributed by atoms with E-state index >= 15 is 0 Å². The van der Waals surface area contributed by atoms with Gasteiger partial charge >= 0.3 is 0 Å². The van der Waals surface area contributed by atoms with Gasteiger partial charge in [-0.15, -0.1) is 0 Å². The van der Waals surface area contributed by atoms with Crippen LogP contribution in [0.15, 0.2) is 0 Å². The Morgan fingerprint density at radius 1 is 1.40 bits per heavy atom. The van der Waals surface area contributed by atoms with E-state index in [2.05, 4.69) is 0 Å². The van der Waals surface area contributed by atoms with Gasteiger partial charge in [0, 0.05) is 0 Å². The highest BCUT2D eigenvalue weighted by Gasteiger charge is 2.10. The third-order valence-corrected chi connectivity index (χ3v) is 2.40. The molecule has 0 saturated carbocycles. The molecule has 0 fully saturated rings. The molecule has 0 rings (SSSR count). The third-order valence-electron chi connectivity index (χ3n) is 1.14. The molecule has 4 N–H and O–H groups in total. The van der Waals surface area contributed by atoms with E-state index in [0.717, 1.165) is 0 Å². The molecule has 0 aromatic heterocycles. The summed E-state index contributed by atoms with van der Waals surface area (Å²) < 4.78 is 30.5. The Labute approximate surface area is 61.4 Å². The molecule has 0 saturated heterocycles. The smallest absolute Gasteiger partial charge is 0.111 e. The van der Waals surface area contributed by atoms with Crippen molar-refractivity contribution in [3.63, 3.8) is 0 Å². The molecule has 0 aromatic carbocycles. The fraction of sp³-hybridized carbons (Fsp3) is 1.00. The highest BCUT2D eigenvalue weighted by molar-refractivity contribution is 7.86. The fourth-order valence-corrected chi connectivity index (χ4v) is 0.775. The lowest BCUT2D eigenvalue weighted by molar-refractivity contribution is 0.346. The van der Waals surface area contributed by atoms with Crippen LogP contribution in [0.3, 0.4) is 0 Å². The fourth-order valence-electron chi connectivity index (χ4n) is 0.258. The van der Waals surface area contributed by atoms with Crippen molar-refractivity contribution in [3.05, 3.63) is 0 Å². The van der Waals surface area contributed by atoms with Crippen LogP contribution in [0.5, 0.6) is 0 Å². The Bertz CT molecular complexity index is 175. The van der Waals surface area contributed by atoms with Crippen molar-refractivity contribution in [2.45, 2.75) is 12.3 Å². The van der Waals surface area contributed by atoms with Crippen molar-refractivity contribution in [2.24, 2.45) is 0 Å². The topological polar surface area (TPSA) is 96.9 Å². The van der Waals surface area contributed by atoms with Crippen LogP contribution in [0.25, 0.3) is 0 Å². The Morgan fingerprint density at radius 2 is 1.70 bits per heavy atom. The summed E-state index contributed by atoms with van der Waals surface area (Å²) in [4.78, 5) is 1.35. The molecule has 1 unspecified atom stereocenters. The summed E-state index contributed by atoms with van der Waals surface area (Å²) in [5.41, 5.74) is 0. The van der Waals surface area contributed by atoms with Gasteiger partial charge in [0.25, 0.3) is 0 Å². The van der Waals surface area contributed by atoms with Gasteiger partial charge in [-0.3, -0.25) is 4.90 Å². The van der Waals surface area contributed by atoms with Crippen LogP contribution >= 0.6 is 0 Å². The largest absolute Gasteiger partial charge is 0.747 e. The number of quaternary nitrogens is 1. The van der Waals surface area contributed by atoms with E-state index in [4.69, 9.17) is 0 Å². The number of hydrogen-bond acceptors (Lipinski definition) is 4. The van der Waals surface area contributed by atoms with Crippen molar-refractivity contribution in [2.75, 3.05) is 14.1 Å². The van der Waals surface area contributed by atoms with E-state index in [9.17, 15) is 13.0 Å². The van der Waals surface area contributed by atoms with E-state index in [1.54, 1.807) is 14.1 Å². The Balaban J connectivity index is 0. The van der Waals surface area contributed by atoms with Gasteiger partial charge in [0.05, 0.1) is 5.37 Å². The molecule has 0 aromatic rings. The first-order valence-electron chi connectivity index (χ1n) is 2.47. The molecule has 0 amide bonds. The zero-order valence-electron chi connectivity index (χ0n) is 6.66. The first-order chi connectivity index (χ1) is 3.85. The summed E-state index contributed by atoms with van der Waals surface area (Å²) in [7, 11) is -1.04. The molecule has 0 spiro atoms. The monoisotopic (exact) mass is 170 g/mol. The summed E-state index contributed by atoms with van der Waals surface area (Å²) >= 11 is 0. The van der Waals surface area contributed by atoms with Gasteiger partial charge in [-0.05, 0) is 21.0 Å². The van der Waals surface area contributed by atoms with Gasteiger partial charge in [-0.2, -0.15) is 0 Å². The summed E-state index contributed by atoms with van der Waals surface area (Å²) in [6.07, 6.45) is 0. The quantitative estimate of drug-likeness (QED) is 0.581. The van der Waals surface area contributed by atoms with Gasteiger partial charge in [0.2, 0.25) is 0 Å². The second-order valence-electron chi connectivity index (χ2n) is 2.06. The molecule has 1 atom stereocenters. The average molecular weight is 170 g/mol. The lowest BCUT2D eigenvalue weighted by Gasteiger charge is -2.22. The van der Waals surface area contributed by atoms with Crippen LogP contribution in [-0.4, -0.2) is 37.3 Å². The summed E-state index contributed by atoms with van der Waals surface area (Å²) in [6, 6.07) is 0. The molecule has 6 heteroatoms. The van der Waals surface area contributed by atoms with E-state index in [1.807, 2.05) is 0 Å². The van der Waals surface area contributed by atoms with Gasteiger partial charge in [0.15, 0.2) is 0 Å². The van der Waals surface area contributed by atoms with Crippen molar-refractivity contribution < 1.29 is 13.0 Å². The maximum absolute atomic E-state index is 10.2. The van der Waals surface area contributed by atoms with E-state index in [-0.39, 0.29) is 6.15 Å². The zero-order valence-corrected chi connectivity index (χ0v) is 7.47. The Kier molecular flexibility index (Phi) is 4.84. The minimum absolute atomic E-state index is 0. The van der Waals surface area contributed by atoms with Crippen LogP contribution in [0.2, 0.25) is 0 Å². The van der Waals surface area contributed by atoms with Crippen molar-refractivity contribution in [1.29, 1.82) is 0 Å². The third kappa shape index (κ3) is 3.78. The summed E-state index contributed by atoms with van der Waals surface area (Å²) in [5.74, 6) is 0. The lowest BCUT2D eigenvalue weighted by atomic mass is 10.7. The first kappa shape index (κ1) is 12.5. The van der Waals surface area contributed by atoms with E-state index in [0.29, 0.717) is 0 Å². The molecule has 64 valence electrons. The molecular formula is C4H14N2O3S. The minimum Gasteiger partial charge on any atom is -0.747 e. The molecule has 10 heavy (non-hydrogen) atoms. The zero-order chi connectivity index (χ0) is 7.65. The standard InChI is InChI=1S/C4H11NO3S.H3N/c1-4(5(2)3)9(6,7)8;/h4H,1-3H3,(H,6,7,8);1H3. The van der Waals surface area contributed by atoms with Crippen LogP contribution in [0.4, 0.5) is 0 Å². The van der Waals surface area contributed by atoms with E-state index < -0.39 is 15.5 Å². The molecule has 0 aliphatic rings. The Morgan fingerprint density at radius 3 is 1.70 bits per heavy atom. The average Bonchev–Trinajstić information content (AvgIpc) is 1.62. The summed E-state index contributed by atoms with van der Waals surface area (Å²) in [6.45, 7) is 1.35. The maximum Gasteiger partial charge on any atom is 0.111 e. The van der Waals surface area contributed by atoms with Crippen LogP contribution < -0.4 is 6.15 Å². The van der Waals surface area contributed by atoms with Gasteiger partial charge in [-0.25, -0.2) is 8.42 Å². The normalized spacial score (nSPS) is 14.5. The SMILES string of the molecule is CC(N(C)C)S(=O)(=O)[O-].[NH4+]. The molecule has 0 heterocycles. The second kappa shape index (κ2) is 3.87. The van der Waals surface area contributed by atoms with Gasteiger partial charge in [-0.1, -0.05) is 0 Å². The predicted molar refractivity (Wildman–Crippen MR) is 38.8 cm³/mol. The summed E-state index contributed by atoms with van der Waals surface area (Å²) in [5, 5.41) is -0.933. The van der Waals surface area contributed by atoms with E-state index in [1.165, 1.54) is 11.8 Å². The molecule has 0 bridgehead atoms. The maximum atomic E-state index is 10.2. The number of nitrogens with zero attached hydrogens (tertiary/aromatic N) is 1. The van der Waals surface area contributed by atoms with Crippen molar-refractivity contribution in [1.82, 2.24) is 11.1 Å². The van der Waals surface area contributed by atoms with Crippen molar-refractivity contribution in [3.8, 4) is 0 Å². The minimum atomic E-state index is -4.13. The van der Waals surface area contributed by atoms with Crippen molar-refractivity contribution >= 4 is 10.1 Å². The molecule has 5 nitrogen and oxygen atoms in total. The van der Waals surface area contributed by atoms with Crippen LogP contribution in [0.1, 0.15) is 6.92 Å². The van der Waals surface area contributed by atoms with Gasteiger partial charge < -0.3 is 10.7 Å². The predicted octanol–water partition coefficient (Wildman–Crippen LogP) is -0.185. The first-order valence-corrected chi connectivity index (χ1v) is 3.94. The Hall–Kier alpha value is -0.170. The molecule has 0 aliphatic carbocycles. The number of hydrogen-bond donors (Lipinski definition) is 1. The van der Waals surface area contributed by atoms with Crippen LogP contribution in [-0.2, 0) is 10.1 Å². The molecule has 0 aliphatic heterocycles. The molecular weight excluding hydrogens is 156 g/mol. The number of rotatable bonds is 2. The highest BCUT2D eigenvalue weighted by atomic mass is 32.2. The lowest BCUT2D eigenvalue weighted by Crippen LogP contribution is -2.32.